The minimum absolute atomic E-state index is 0.143. The maximum atomic E-state index is 13.0. The number of carbonyl (C=O) groups excluding carboxylic acids is 3. The summed E-state index contributed by atoms with van der Waals surface area (Å²) in [6, 6.07) is 4.90. The minimum atomic E-state index is -0.575. The number of likely N-dealkylation sites (tertiary alicyclic amines) is 1. The Labute approximate surface area is 189 Å². The van der Waals surface area contributed by atoms with Crippen molar-refractivity contribution in [2.24, 2.45) is 0 Å². The van der Waals surface area contributed by atoms with Crippen LogP contribution in [0.4, 0.5) is 4.79 Å². The Balaban J connectivity index is 1.49. The number of carbonyl (C=O) groups is 3. The van der Waals surface area contributed by atoms with Gasteiger partial charge in [-0.05, 0) is 51.1 Å². The fraction of sp³-hybridized carbons (Fsp3) is 0.409. The van der Waals surface area contributed by atoms with Crippen molar-refractivity contribution in [3.8, 4) is 0 Å². The number of nitrogens with zero attached hydrogens (tertiary/aromatic N) is 3. The molecule has 0 aromatic carbocycles. The van der Waals surface area contributed by atoms with E-state index in [2.05, 4.69) is 20.3 Å². The zero-order valence-electron chi connectivity index (χ0n) is 18.2. The molecule has 10 heteroatoms. The van der Waals surface area contributed by atoms with E-state index in [-0.39, 0.29) is 29.6 Å². The van der Waals surface area contributed by atoms with Crippen molar-refractivity contribution in [1.82, 2.24) is 25.2 Å². The van der Waals surface area contributed by atoms with Gasteiger partial charge in [0.2, 0.25) is 5.78 Å². The Bertz CT molecular complexity index is 1150. The summed E-state index contributed by atoms with van der Waals surface area (Å²) >= 11 is 1.32. The second-order valence-electron chi connectivity index (χ2n) is 8.69. The molecule has 1 aliphatic rings. The molecular weight excluding hydrogens is 430 g/mol. The van der Waals surface area contributed by atoms with E-state index < -0.39 is 5.60 Å². The number of amides is 2. The van der Waals surface area contributed by atoms with Crippen LogP contribution in [-0.4, -0.2) is 62.4 Å². The summed E-state index contributed by atoms with van der Waals surface area (Å²) in [5, 5.41) is 4.81. The van der Waals surface area contributed by atoms with Crippen LogP contribution in [0.3, 0.4) is 0 Å². The maximum Gasteiger partial charge on any atom is 0.410 e. The molecule has 0 radical (unpaired) electrons. The number of imidazole rings is 1. The number of ether oxygens (including phenoxy) is 1. The lowest BCUT2D eigenvalue weighted by Gasteiger charge is -2.34. The highest BCUT2D eigenvalue weighted by molar-refractivity contribution is 7.12. The monoisotopic (exact) mass is 455 g/mol. The van der Waals surface area contributed by atoms with E-state index in [0.717, 1.165) is 12.8 Å². The molecule has 0 aliphatic carbocycles. The molecule has 9 nitrogen and oxygen atoms in total. The van der Waals surface area contributed by atoms with Crippen molar-refractivity contribution in [2.75, 3.05) is 13.1 Å². The smallest absolute Gasteiger partial charge is 0.410 e. The minimum Gasteiger partial charge on any atom is -0.444 e. The maximum absolute atomic E-state index is 13.0. The lowest BCUT2D eigenvalue weighted by atomic mass is 10.1. The zero-order chi connectivity index (χ0) is 22.9. The fourth-order valence-electron chi connectivity index (χ4n) is 3.58. The van der Waals surface area contributed by atoms with Crippen LogP contribution in [0, 0.1) is 0 Å². The van der Waals surface area contributed by atoms with Gasteiger partial charge >= 0.3 is 6.09 Å². The largest absolute Gasteiger partial charge is 0.444 e. The van der Waals surface area contributed by atoms with Crippen molar-refractivity contribution in [3.63, 3.8) is 0 Å². The normalized spacial score (nSPS) is 16.7. The summed E-state index contributed by atoms with van der Waals surface area (Å²) in [4.78, 5) is 51.6. The number of thiophene rings is 1. The zero-order valence-corrected chi connectivity index (χ0v) is 19.0. The number of aromatic nitrogens is 3. The average Bonchev–Trinajstić information content (AvgIpc) is 3.42. The van der Waals surface area contributed by atoms with Gasteiger partial charge in [-0.25, -0.2) is 14.8 Å². The summed E-state index contributed by atoms with van der Waals surface area (Å²) in [7, 11) is 0. The first kappa shape index (κ1) is 21.9. The molecule has 0 spiro atoms. The van der Waals surface area contributed by atoms with Crippen molar-refractivity contribution in [1.29, 1.82) is 0 Å². The van der Waals surface area contributed by atoms with Crippen molar-refractivity contribution >= 4 is 40.3 Å². The number of pyridine rings is 1. The van der Waals surface area contributed by atoms with E-state index in [9.17, 15) is 14.4 Å². The van der Waals surface area contributed by atoms with Gasteiger partial charge in [0.15, 0.2) is 11.5 Å². The van der Waals surface area contributed by atoms with Crippen LogP contribution in [-0.2, 0) is 4.74 Å². The first-order chi connectivity index (χ1) is 15.2. The molecule has 3 aromatic rings. The van der Waals surface area contributed by atoms with E-state index >= 15 is 0 Å². The predicted octanol–water partition coefficient (Wildman–Crippen LogP) is 3.38. The number of H-pyrrole nitrogens is 1. The Kier molecular flexibility index (Phi) is 5.96. The van der Waals surface area contributed by atoms with E-state index in [1.165, 1.54) is 17.5 Å². The molecule has 168 valence electrons. The van der Waals surface area contributed by atoms with Gasteiger partial charge < -0.3 is 19.9 Å². The molecule has 4 heterocycles. The SMILES string of the molecule is CC(C)(C)OC(=O)N1CCCC(NC(=O)c2ccnc3nc(C(=O)c4cccs4)[nH]c23)C1. The molecule has 2 N–H and O–H groups in total. The number of nitrogens with one attached hydrogen (secondary N) is 2. The van der Waals surface area contributed by atoms with Crippen molar-refractivity contribution < 1.29 is 19.1 Å². The van der Waals surface area contributed by atoms with Crippen LogP contribution in [0.2, 0.25) is 0 Å². The van der Waals surface area contributed by atoms with Crippen LogP contribution in [0.1, 0.15) is 59.5 Å². The number of aromatic amines is 1. The molecule has 1 saturated heterocycles. The van der Waals surface area contributed by atoms with Gasteiger partial charge in [-0.3, -0.25) is 9.59 Å². The first-order valence-electron chi connectivity index (χ1n) is 10.4. The summed E-state index contributed by atoms with van der Waals surface area (Å²) in [6.45, 7) is 6.44. The summed E-state index contributed by atoms with van der Waals surface area (Å²) < 4.78 is 5.45. The Hall–Kier alpha value is -3.27. The number of rotatable bonds is 4. The van der Waals surface area contributed by atoms with Crippen LogP contribution < -0.4 is 5.32 Å². The van der Waals surface area contributed by atoms with Crippen LogP contribution in [0.15, 0.2) is 29.8 Å². The van der Waals surface area contributed by atoms with Gasteiger partial charge in [-0.15, -0.1) is 11.3 Å². The Morgan fingerprint density at radius 1 is 1.28 bits per heavy atom. The van der Waals surface area contributed by atoms with Crippen molar-refractivity contribution in [3.05, 3.63) is 46.0 Å². The third kappa shape index (κ3) is 4.80. The second-order valence-corrected chi connectivity index (χ2v) is 9.64. The molecule has 4 rings (SSSR count). The molecule has 1 unspecified atom stereocenters. The van der Waals surface area contributed by atoms with Crippen molar-refractivity contribution in [2.45, 2.75) is 45.3 Å². The van der Waals surface area contributed by atoms with Crippen LogP contribution in [0.5, 0.6) is 0 Å². The molecule has 0 saturated carbocycles. The molecule has 3 aromatic heterocycles. The van der Waals surface area contributed by atoms with Gasteiger partial charge in [0.05, 0.1) is 16.0 Å². The number of piperidine rings is 1. The van der Waals surface area contributed by atoms with Gasteiger partial charge in [-0.2, -0.15) is 0 Å². The number of hydrogen-bond donors (Lipinski definition) is 2. The molecule has 1 fully saturated rings. The fourth-order valence-corrected chi connectivity index (χ4v) is 4.25. The highest BCUT2D eigenvalue weighted by atomic mass is 32.1. The third-order valence-electron chi connectivity index (χ3n) is 5.01. The summed E-state index contributed by atoms with van der Waals surface area (Å²) in [5.74, 6) is -0.416. The predicted molar refractivity (Wildman–Crippen MR) is 120 cm³/mol. The van der Waals surface area contributed by atoms with Gasteiger partial charge in [0, 0.05) is 25.3 Å². The van der Waals surface area contributed by atoms with Gasteiger partial charge in [0.25, 0.3) is 5.91 Å². The Morgan fingerprint density at radius 3 is 2.81 bits per heavy atom. The van der Waals surface area contributed by atoms with Gasteiger partial charge in [0.1, 0.15) is 5.60 Å². The topological polar surface area (TPSA) is 117 Å². The number of hydrogen-bond acceptors (Lipinski definition) is 7. The van der Waals surface area contributed by atoms with Crippen LogP contribution in [0.25, 0.3) is 11.2 Å². The quantitative estimate of drug-likeness (QED) is 0.583. The third-order valence-corrected chi connectivity index (χ3v) is 5.87. The Morgan fingerprint density at radius 2 is 2.09 bits per heavy atom. The van der Waals surface area contributed by atoms with E-state index in [1.807, 2.05) is 26.2 Å². The second kappa shape index (κ2) is 8.70. The number of ketones is 1. The van der Waals surface area contributed by atoms with Gasteiger partial charge in [-0.1, -0.05) is 6.07 Å². The molecule has 1 atom stereocenters. The molecule has 32 heavy (non-hydrogen) atoms. The molecular formula is C22H25N5O4S. The number of fused-ring (bicyclic) bond motifs is 1. The van der Waals surface area contributed by atoms with E-state index in [1.54, 1.807) is 23.1 Å². The van der Waals surface area contributed by atoms with Crippen LogP contribution >= 0.6 is 11.3 Å². The summed E-state index contributed by atoms with van der Waals surface area (Å²) in [6.07, 6.45) is 2.63. The average molecular weight is 456 g/mol. The van der Waals surface area contributed by atoms with E-state index in [4.69, 9.17) is 4.74 Å². The van der Waals surface area contributed by atoms with E-state index in [0.29, 0.717) is 34.7 Å². The molecule has 1 aliphatic heterocycles. The highest BCUT2D eigenvalue weighted by Gasteiger charge is 2.29. The lowest BCUT2D eigenvalue weighted by molar-refractivity contribution is 0.0185. The summed E-state index contributed by atoms with van der Waals surface area (Å²) in [5.41, 5.74) is 0.484. The molecule has 0 bridgehead atoms. The first-order valence-corrected chi connectivity index (χ1v) is 11.3. The molecule has 2 amide bonds. The standard InChI is InChI=1S/C22H25N5O4S/c1-22(2,3)31-21(30)27-10-4-6-13(12-27)24-20(29)14-8-9-23-18-16(14)25-19(26-18)17(28)15-7-5-11-32-15/h5,7-9,11,13H,4,6,10,12H2,1-3H3,(H,24,29)(H,23,25,26). The lowest BCUT2D eigenvalue weighted by Crippen LogP contribution is -2.50. The highest BCUT2D eigenvalue weighted by Crippen LogP contribution is 2.20.